The molecule has 3 heterocycles. The predicted octanol–water partition coefficient (Wildman–Crippen LogP) is 11.8. The van der Waals surface area contributed by atoms with Gasteiger partial charge in [-0.3, -0.25) is 4.57 Å². The highest BCUT2D eigenvalue weighted by molar-refractivity contribution is 6.33. The van der Waals surface area contributed by atoms with Gasteiger partial charge in [-0.1, -0.05) is 141 Å². The monoisotopic (exact) mass is 652 g/mol. The zero-order valence-corrected chi connectivity index (χ0v) is 28.3. The van der Waals surface area contributed by atoms with Gasteiger partial charge >= 0.3 is 0 Å². The molecule has 0 N–H and O–H groups in total. The lowest BCUT2D eigenvalue weighted by atomic mass is 9.81. The Bertz CT molecular complexity index is 3040. The molecule has 240 valence electrons. The third kappa shape index (κ3) is 3.74. The molecule has 0 saturated heterocycles. The molecule has 0 unspecified atom stereocenters. The summed E-state index contributed by atoms with van der Waals surface area (Å²) >= 11 is 0. The van der Waals surface area contributed by atoms with E-state index in [4.69, 9.17) is 9.97 Å². The SMILES string of the molecule is CC1(C)c2ccccc2-c2c1c1c(c3ccccc3n1-c1nc(-c3ccccc3)c3ccccc3n1)c1c3ccccc3n(-c3ccccc3)c21. The summed E-state index contributed by atoms with van der Waals surface area (Å²) in [6.45, 7) is 4.77. The molecule has 0 radical (unpaired) electrons. The molecule has 0 saturated carbocycles. The first-order valence-corrected chi connectivity index (χ1v) is 17.6. The molecule has 0 aliphatic heterocycles. The minimum atomic E-state index is -0.304. The lowest BCUT2D eigenvalue weighted by Crippen LogP contribution is -2.17. The van der Waals surface area contributed by atoms with Gasteiger partial charge in [-0.15, -0.1) is 0 Å². The smallest absolute Gasteiger partial charge is 0.235 e. The lowest BCUT2D eigenvalue weighted by molar-refractivity contribution is 0.663. The van der Waals surface area contributed by atoms with Crippen LogP contribution in [0.2, 0.25) is 0 Å². The highest BCUT2D eigenvalue weighted by atomic mass is 15.2. The molecule has 3 aromatic heterocycles. The van der Waals surface area contributed by atoms with Crippen LogP contribution in [0.3, 0.4) is 0 Å². The molecule has 4 heteroatoms. The fraction of sp³-hybridized carbons (Fsp3) is 0.0638. The molecule has 0 amide bonds. The first kappa shape index (κ1) is 28.3. The second-order valence-corrected chi connectivity index (χ2v) is 14.2. The average molecular weight is 653 g/mol. The Morgan fingerprint density at radius 2 is 1.06 bits per heavy atom. The van der Waals surface area contributed by atoms with Crippen LogP contribution in [-0.4, -0.2) is 19.1 Å². The molecule has 1 aliphatic rings. The third-order valence-electron chi connectivity index (χ3n) is 11.1. The van der Waals surface area contributed by atoms with Crippen molar-refractivity contribution in [3.05, 3.63) is 169 Å². The van der Waals surface area contributed by atoms with Crippen LogP contribution in [0.5, 0.6) is 0 Å². The highest BCUT2D eigenvalue weighted by Crippen LogP contribution is 2.58. The number of aromatic nitrogens is 4. The molecule has 7 aromatic carbocycles. The maximum Gasteiger partial charge on any atom is 0.235 e. The van der Waals surface area contributed by atoms with Crippen molar-refractivity contribution in [2.45, 2.75) is 19.3 Å². The van der Waals surface area contributed by atoms with E-state index in [1.54, 1.807) is 0 Å². The molecular weight excluding hydrogens is 621 g/mol. The number of hydrogen-bond donors (Lipinski definition) is 0. The quantitative estimate of drug-likeness (QED) is 0.190. The minimum Gasteiger partial charge on any atom is -0.309 e. The van der Waals surface area contributed by atoms with E-state index in [9.17, 15) is 0 Å². The maximum absolute atomic E-state index is 5.48. The Labute approximate surface area is 294 Å². The van der Waals surface area contributed by atoms with Crippen LogP contribution in [0.25, 0.3) is 88.5 Å². The summed E-state index contributed by atoms with van der Waals surface area (Å²) in [5, 5.41) is 5.97. The van der Waals surface area contributed by atoms with Gasteiger partial charge in [0.25, 0.3) is 0 Å². The average Bonchev–Trinajstić information content (AvgIpc) is 3.78. The second kappa shape index (κ2) is 10.3. The van der Waals surface area contributed by atoms with Gasteiger partial charge in [0.05, 0.1) is 33.3 Å². The van der Waals surface area contributed by atoms with E-state index in [1.165, 1.54) is 60.3 Å². The van der Waals surface area contributed by atoms with Gasteiger partial charge in [-0.25, -0.2) is 9.97 Å². The Morgan fingerprint density at radius 1 is 0.490 bits per heavy atom. The normalized spacial score (nSPS) is 13.5. The largest absolute Gasteiger partial charge is 0.309 e. The summed E-state index contributed by atoms with van der Waals surface area (Å²) in [5.74, 6) is 0.679. The Balaban J connectivity index is 1.42. The van der Waals surface area contributed by atoms with E-state index in [-0.39, 0.29) is 5.41 Å². The van der Waals surface area contributed by atoms with Crippen molar-refractivity contribution >= 4 is 54.5 Å². The van der Waals surface area contributed by atoms with Crippen LogP contribution in [0.4, 0.5) is 0 Å². The van der Waals surface area contributed by atoms with Crippen molar-refractivity contribution in [1.82, 2.24) is 19.1 Å². The van der Waals surface area contributed by atoms with Crippen LogP contribution >= 0.6 is 0 Å². The van der Waals surface area contributed by atoms with Gasteiger partial charge in [0, 0.05) is 49.2 Å². The number of benzene rings is 7. The van der Waals surface area contributed by atoms with Crippen molar-refractivity contribution in [3.63, 3.8) is 0 Å². The van der Waals surface area contributed by atoms with E-state index in [0.29, 0.717) is 5.95 Å². The second-order valence-electron chi connectivity index (χ2n) is 14.2. The molecule has 0 bridgehead atoms. The fourth-order valence-electron chi connectivity index (χ4n) is 8.98. The predicted molar refractivity (Wildman–Crippen MR) is 211 cm³/mol. The van der Waals surface area contributed by atoms with E-state index in [2.05, 4.69) is 181 Å². The summed E-state index contributed by atoms with van der Waals surface area (Å²) < 4.78 is 4.86. The van der Waals surface area contributed by atoms with Crippen LogP contribution in [0.15, 0.2) is 158 Å². The number of nitrogens with zero attached hydrogens (tertiary/aromatic N) is 4. The minimum absolute atomic E-state index is 0.304. The highest BCUT2D eigenvalue weighted by Gasteiger charge is 2.42. The molecule has 10 aromatic rings. The Morgan fingerprint density at radius 3 is 1.80 bits per heavy atom. The molecule has 0 spiro atoms. The van der Waals surface area contributed by atoms with E-state index < -0.39 is 0 Å². The van der Waals surface area contributed by atoms with Gasteiger partial charge < -0.3 is 4.57 Å². The topological polar surface area (TPSA) is 35.6 Å². The van der Waals surface area contributed by atoms with E-state index >= 15 is 0 Å². The van der Waals surface area contributed by atoms with E-state index in [1.807, 2.05) is 0 Å². The lowest BCUT2D eigenvalue weighted by Gasteiger charge is -2.24. The van der Waals surface area contributed by atoms with Crippen LogP contribution < -0.4 is 0 Å². The number of fused-ring (bicyclic) bond motifs is 13. The van der Waals surface area contributed by atoms with Crippen LogP contribution in [-0.2, 0) is 5.41 Å². The molecule has 0 atom stereocenters. The molecule has 51 heavy (non-hydrogen) atoms. The molecular formula is C47H32N4. The van der Waals surface area contributed by atoms with E-state index in [0.717, 1.165) is 33.4 Å². The summed E-state index contributed by atoms with van der Waals surface area (Å²) in [4.78, 5) is 10.8. The molecule has 11 rings (SSSR count). The summed E-state index contributed by atoms with van der Waals surface area (Å²) in [6, 6.07) is 56.4. The summed E-state index contributed by atoms with van der Waals surface area (Å²) in [7, 11) is 0. The van der Waals surface area contributed by atoms with Gasteiger partial charge in [-0.2, -0.15) is 0 Å². The van der Waals surface area contributed by atoms with Crippen molar-refractivity contribution in [2.24, 2.45) is 0 Å². The standard InChI is InChI=1S/C47H32N4/c1-47(2)35-25-13-9-21-31(35)41-42(47)45-40(39-33-23-11-15-27-37(33)50(44(39)41)30-19-7-4-8-20-30)34-24-12-16-28-38(34)51(45)46-48-36-26-14-10-22-32(36)43(49-46)29-17-5-3-6-18-29/h3-28H,1-2H3. The summed E-state index contributed by atoms with van der Waals surface area (Å²) in [5.41, 5.74) is 13.7. The van der Waals surface area contributed by atoms with Crippen LogP contribution in [0.1, 0.15) is 25.0 Å². The maximum atomic E-state index is 5.48. The molecule has 1 aliphatic carbocycles. The number of rotatable bonds is 3. The van der Waals surface area contributed by atoms with Crippen molar-refractivity contribution < 1.29 is 0 Å². The molecule has 0 fully saturated rings. The zero-order chi connectivity index (χ0) is 33.8. The molecule has 4 nitrogen and oxygen atoms in total. The Hall–Kier alpha value is -6.52. The van der Waals surface area contributed by atoms with Gasteiger partial charge in [0.2, 0.25) is 5.95 Å². The first-order valence-electron chi connectivity index (χ1n) is 17.6. The van der Waals surface area contributed by atoms with Crippen LogP contribution in [0, 0.1) is 0 Å². The fourth-order valence-corrected chi connectivity index (χ4v) is 8.98. The first-order chi connectivity index (χ1) is 25.1. The Kier molecular flexibility index (Phi) is 5.70. The zero-order valence-electron chi connectivity index (χ0n) is 28.3. The van der Waals surface area contributed by atoms with Crippen molar-refractivity contribution in [1.29, 1.82) is 0 Å². The van der Waals surface area contributed by atoms with Crippen molar-refractivity contribution in [2.75, 3.05) is 0 Å². The number of hydrogen-bond acceptors (Lipinski definition) is 2. The van der Waals surface area contributed by atoms with Crippen molar-refractivity contribution in [3.8, 4) is 34.0 Å². The van der Waals surface area contributed by atoms with Gasteiger partial charge in [0.15, 0.2) is 0 Å². The summed E-state index contributed by atoms with van der Waals surface area (Å²) in [6.07, 6.45) is 0. The third-order valence-corrected chi connectivity index (χ3v) is 11.1. The van der Waals surface area contributed by atoms with Gasteiger partial charge in [0.1, 0.15) is 0 Å². The van der Waals surface area contributed by atoms with Gasteiger partial charge in [-0.05, 0) is 47.0 Å². The number of para-hydroxylation sites is 4.